The van der Waals surface area contributed by atoms with Gasteiger partial charge in [-0.05, 0) is 12.3 Å². The van der Waals surface area contributed by atoms with Gasteiger partial charge in [0.2, 0.25) is 0 Å². The number of rotatable bonds is 3. The number of hydrogen-bond acceptors (Lipinski definition) is 3. The molecular weight excluding hydrogens is 199 g/mol. The first kappa shape index (κ1) is 13.9. The summed E-state index contributed by atoms with van der Waals surface area (Å²) in [5.74, 6) is 0.319. The Labute approximate surface area is 102 Å². The van der Waals surface area contributed by atoms with Gasteiger partial charge in [-0.2, -0.15) is 0 Å². The Morgan fingerprint density at radius 2 is 1.69 bits per heavy atom. The molecule has 1 aliphatic rings. The minimum atomic E-state index is -3.97. The Hall–Kier alpha value is 0.910. The van der Waals surface area contributed by atoms with Gasteiger partial charge in [0, 0.05) is 5.75 Å². The van der Waals surface area contributed by atoms with Gasteiger partial charge in [0.15, 0.2) is 0 Å². The molecule has 0 saturated heterocycles. The van der Waals surface area contributed by atoms with Crippen molar-refractivity contribution in [3.05, 3.63) is 0 Å². The maximum atomic E-state index is 10.3. The molecule has 0 aromatic heterocycles. The third kappa shape index (κ3) is 6.91. The SMILES string of the molecule is O=S(=O)([O-])CCC1CCCCC1.[Na+]. The summed E-state index contributed by atoms with van der Waals surface area (Å²) in [4.78, 5) is 0. The van der Waals surface area contributed by atoms with Gasteiger partial charge in [0.25, 0.3) is 0 Å². The Kier molecular flexibility index (Phi) is 6.85. The van der Waals surface area contributed by atoms with Crippen LogP contribution in [0.4, 0.5) is 0 Å². The number of hydrogen-bond donors (Lipinski definition) is 0. The van der Waals surface area contributed by atoms with E-state index >= 15 is 0 Å². The van der Waals surface area contributed by atoms with Gasteiger partial charge in [-0.3, -0.25) is 0 Å². The molecule has 13 heavy (non-hydrogen) atoms. The van der Waals surface area contributed by atoms with Gasteiger partial charge >= 0.3 is 29.6 Å². The molecule has 0 heterocycles. The van der Waals surface area contributed by atoms with Crippen molar-refractivity contribution in [2.24, 2.45) is 5.92 Å². The molecule has 0 bridgehead atoms. The van der Waals surface area contributed by atoms with Gasteiger partial charge in [-0.15, -0.1) is 0 Å². The summed E-state index contributed by atoms with van der Waals surface area (Å²) in [6.07, 6.45) is 6.45. The Balaban J connectivity index is 0.00000144. The van der Waals surface area contributed by atoms with Crippen molar-refractivity contribution >= 4 is 10.1 Å². The van der Waals surface area contributed by atoms with E-state index in [0.29, 0.717) is 12.3 Å². The summed E-state index contributed by atoms with van der Waals surface area (Å²) in [5, 5.41) is 0. The minimum absolute atomic E-state index is 0. The molecule has 1 aliphatic carbocycles. The van der Waals surface area contributed by atoms with Crippen molar-refractivity contribution in [2.45, 2.75) is 38.5 Å². The fourth-order valence-corrected chi connectivity index (χ4v) is 2.41. The van der Waals surface area contributed by atoms with E-state index in [1.165, 1.54) is 19.3 Å². The van der Waals surface area contributed by atoms with Crippen LogP contribution >= 0.6 is 0 Å². The van der Waals surface area contributed by atoms with E-state index in [9.17, 15) is 13.0 Å². The Morgan fingerprint density at radius 1 is 1.15 bits per heavy atom. The summed E-state index contributed by atoms with van der Waals surface area (Å²) >= 11 is 0. The fraction of sp³-hybridized carbons (Fsp3) is 1.00. The smallest absolute Gasteiger partial charge is 0.748 e. The molecular formula is C8H15NaO3S. The summed E-state index contributed by atoms with van der Waals surface area (Å²) < 4.78 is 31.0. The molecule has 0 amide bonds. The van der Waals surface area contributed by atoms with Crippen molar-refractivity contribution in [3.8, 4) is 0 Å². The van der Waals surface area contributed by atoms with Gasteiger partial charge in [-0.25, -0.2) is 8.42 Å². The summed E-state index contributed by atoms with van der Waals surface area (Å²) in [6, 6.07) is 0. The van der Waals surface area contributed by atoms with Crippen molar-refractivity contribution in [3.63, 3.8) is 0 Å². The molecule has 0 unspecified atom stereocenters. The van der Waals surface area contributed by atoms with Crippen LogP contribution in [-0.2, 0) is 10.1 Å². The monoisotopic (exact) mass is 214 g/mol. The van der Waals surface area contributed by atoms with Gasteiger partial charge in [0.1, 0.15) is 0 Å². The minimum Gasteiger partial charge on any atom is -0.748 e. The largest absolute Gasteiger partial charge is 1.00 e. The third-order valence-electron chi connectivity index (χ3n) is 2.50. The average Bonchev–Trinajstić information content (AvgIpc) is 2.02. The van der Waals surface area contributed by atoms with Gasteiger partial charge < -0.3 is 4.55 Å². The van der Waals surface area contributed by atoms with E-state index in [0.717, 1.165) is 12.8 Å². The van der Waals surface area contributed by atoms with Crippen molar-refractivity contribution in [1.29, 1.82) is 0 Å². The fourth-order valence-electron chi connectivity index (χ4n) is 1.79. The Bertz CT molecular complexity index is 220. The van der Waals surface area contributed by atoms with E-state index < -0.39 is 10.1 Å². The molecule has 3 nitrogen and oxygen atoms in total. The van der Waals surface area contributed by atoms with E-state index in [-0.39, 0.29) is 35.3 Å². The van der Waals surface area contributed by atoms with Crippen LogP contribution in [0.15, 0.2) is 0 Å². The second-order valence-electron chi connectivity index (χ2n) is 3.55. The van der Waals surface area contributed by atoms with Crippen molar-refractivity contribution in [1.82, 2.24) is 0 Å². The van der Waals surface area contributed by atoms with Crippen LogP contribution in [0.1, 0.15) is 38.5 Å². The standard InChI is InChI=1S/C8H16O3S.Na/c9-12(10,11)7-6-8-4-2-1-3-5-8;/h8H,1-7H2,(H,9,10,11);/q;+1/p-1. The van der Waals surface area contributed by atoms with E-state index in [1.54, 1.807) is 0 Å². The molecule has 0 aliphatic heterocycles. The molecule has 0 aromatic rings. The molecule has 1 rings (SSSR count). The van der Waals surface area contributed by atoms with Gasteiger partial charge in [0.05, 0.1) is 10.1 Å². The molecule has 5 heteroatoms. The van der Waals surface area contributed by atoms with E-state index in [1.807, 2.05) is 0 Å². The van der Waals surface area contributed by atoms with Crippen molar-refractivity contribution in [2.75, 3.05) is 5.75 Å². The second-order valence-corrected chi connectivity index (χ2v) is 5.08. The van der Waals surface area contributed by atoms with Crippen LogP contribution in [0, 0.1) is 5.92 Å². The molecule has 0 N–H and O–H groups in total. The molecule has 0 spiro atoms. The molecule has 0 radical (unpaired) electrons. The molecule has 72 valence electrons. The maximum absolute atomic E-state index is 10.3. The van der Waals surface area contributed by atoms with E-state index in [4.69, 9.17) is 0 Å². The summed E-state index contributed by atoms with van der Waals surface area (Å²) in [7, 11) is -3.97. The zero-order valence-electron chi connectivity index (χ0n) is 8.16. The predicted molar refractivity (Wildman–Crippen MR) is 45.8 cm³/mol. The normalized spacial score (nSPS) is 19.5. The Morgan fingerprint density at radius 3 is 2.15 bits per heavy atom. The zero-order chi connectivity index (χ0) is 9.03. The van der Waals surface area contributed by atoms with Crippen LogP contribution in [0.2, 0.25) is 0 Å². The van der Waals surface area contributed by atoms with Crippen LogP contribution in [0.3, 0.4) is 0 Å². The quantitative estimate of drug-likeness (QED) is 0.424. The molecule has 0 aromatic carbocycles. The molecule has 0 atom stereocenters. The topological polar surface area (TPSA) is 57.2 Å². The first-order valence-electron chi connectivity index (χ1n) is 4.51. The van der Waals surface area contributed by atoms with Crippen LogP contribution < -0.4 is 29.6 Å². The third-order valence-corrected chi connectivity index (χ3v) is 3.24. The summed E-state index contributed by atoms with van der Waals surface area (Å²) in [6.45, 7) is 0. The zero-order valence-corrected chi connectivity index (χ0v) is 11.0. The molecule has 1 fully saturated rings. The van der Waals surface area contributed by atoms with Crippen LogP contribution in [0.5, 0.6) is 0 Å². The van der Waals surface area contributed by atoms with Crippen LogP contribution in [0.25, 0.3) is 0 Å². The van der Waals surface area contributed by atoms with Crippen LogP contribution in [-0.4, -0.2) is 18.7 Å². The summed E-state index contributed by atoms with van der Waals surface area (Å²) in [5.41, 5.74) is 0. The van der Waals surface area contributed by atoms with Crippen molar-refractivity contribution < 1.29 is 42.5 Å². The predicted octanol–water partition coefficient (Wildman–Crippen LogP) is -1.49. The van der Waals surface area contributed by atoms with Gasteiger partial charge in [-0.1, -0.05) is 32.1 Å². The first-order valence-corrected chi connectivity index (χ1v) is 6.09. The first-order chi connectivity index (χ1) is 5.58. The van der Waals surface area contributed by atoms with E-state index in [2.05, 4.69) is 0 Å². The maximum Gasteiger partial charge on any atom is 1.00 e. The average molecular weight is 214 g/mol. The second kappa shape index (κ2) is 6.40. The molecule has 1 saturated carbocycles.